The van der Waals surface area contributed by atoms with Crippen molar-refractivity contribution < 1.29 is 0 Å². The minimum absolute atomic E-state index is 0.537. The van der Waals surface area contributed by atoms with Crippen LogP contribution in [0.25, 0.3) is 17.1 Å². The highest BCUT2D eigenvalue weighted by Gasteiger charge is 1.99. The molecule has 0 aliphatic rings. The van der Waals surface area contributed by atoms with E-state index in [0.29, 0.717) is 11.3 Å². The van der Waals surface area contributed by atoms with Gasteiger partial charge in [-0.05, 0) is 35.4 Å². The van der Waals surface area contributed by atoms with Crippen LogP contribution in [0, 0.1) is 16.7 Å². The van der Waals surface area contributed by atoms with Crippen LogP contribution in [0.15, 0.2) is 60.7 Å². The lowest BCUT2D eigenvalue weighted by Crippen LogP contribution is -1.74. The highest BCUT2D eigenvalue weighted by molar-refractivity contribution is 5.59. The van der Waals surface area contributed by atoms with E-state index in [-0.39, 0.29) is 0 Å². The Morgan fingerprint density at radius 1 is 0.800 bits per heavy atom. The number of rotatable bonds is 3. The molecule has 0 aromatic heterocycles. The highest BCUT2D eigenvalue weighted by atomic mass is 14.8. The standard InChI is InChI=1S/C17H12N3/c18-13-16-7-5-14(6-8-16)3-1-2-4-15-9-11-17(20-19)12-10-15/h1-12H/q+1. The Morgan fingerprint density at radius 3 is 1.75 bits per heavy atom. The van der Waals surface area contributed by atoms with E-state index >= 15 is 0 Å². The van der Waals surface area contributed by atoms with Gasteiger partial charge in [0.25, 0.3) is 0 Å². The molecule has 2 aromatic rings. The van der Waals surface area contributed by atoms with Crippen LogP contribution in [0.3, 0.4) is 0 Å². The molecule has 0 bridgehead atoms. The van der Waals surface area contributed by atoms with Gasteiger partial charge in [-0.25, -0.2) is 0 Å². The lowest BCUT2D eigenvalue weighted by atomic mass is 10.1. The molecule has 0 aliphatic heterocycles. The second kappa shape index (κ2) is 6.68. The molecule has 0 unspecified atom stereocenters. The first kappa shape index (κ1) is 13.3. The van der Waals surface area contributed by atoms with Crippen molar-refractivity contribution in [2.75, 3.05) is 0 Å². The summed E-state index contributed by atoms with van der Waals surface area (Å²) in [5.74, 6) is 0. The molecule has 94 valence electrons. The lowest BCUT2D eigenvalue weighted by molar-refractivity contribution is 1.46. The number of nitriles is 1. The SMILES string of the molecule is N#Cc1ccc(C=CC=Cc2ccc([N+]#N)cc2)cc1. The minimum Gasteiger partial charge on any atom is -0.192 e. The van der Waals surface area contributed by atoms with Crippen molar-refractivity contribution in [3.05, 3.63) is 82.3 Å². The Hall–Kier alpha value is -3.17. The van der Waals surface area contributed by atoms with Gasteiger partial charge in [-0.2, -0.15) is 5.26 Å². The third kappa shape index (κ3) is 3.66. The monoisotopic (exact) mass is 258 g/mol. The largest absolute Gasteiger partial charge is 0.385 e. The zero-order valence-electron chi connectivity index (χ0n) is 10.8. The van der Waals surface area contributed by atoms with E-state index in [4.69, 9.17) is 10.7 Å². The van der Waals surface area contributed by atoms with Gasteiger partial charge in [-0.15, -0.1) is 0 Å². The third-order valence-electron chi connectivity index (χ3n) is 2.74. The van der Waals surface area contributed by atoms with Gasteiger partial charge in [-0.3, -0.25) is 0 Å². The molecule has 3 nitrogen and oxygen atoms in total. The molecule has 0 aliphatic carbocycles. The van der Waals surface area contributed by atoms with Crippen LogP contribution in [0.4, 0.5) is 5.69 Å². The molecule has 0 N–H and O–H groups in total. The van der Waals surface area contributed by atoms with Crippen molar-refractivity contribution in [2.45, 2.75) is 0 Å². The third-order valence-corrected chi connectivity index (χ3v) is 2.74. The smallest absolute Gasteiger partial charge is 0.192 e. The topological polar surface area (TPSA) is 51.9 Å². The van der Waals surface area contributed by atoms with Gasteiger partial charge in [0.15, 0.2) is 4.98 Å². The second-order valence-corrected chi connectivity index (χ2v) is 4.14. The van der Waals surface area contributed by atoms with Crippen LogP contribution < -0.4 is 0 Å². The molecule has 0 radical (unpaired) electrons. The lowest BCUT2D eigenvalue weighted by Gasteiger charge is -1.92. The maximum atomic E-state index is 8.70. The van der Waals surface area contributed by atoms with Crippen LogP contribution >= 0.6 is 0 Å². The Bertz CT molecular complexity index is 643. The van der Waals surface area contributed by atoms with E-state index in [2.05, 4.69) is 11.0 Å². The van der Waals surface area contributed by atoms with E-state index < -0.39 is 0 Å². The van der Waals surface area contributed by atoms with Gasteiger partial charge in [0.1, 0.15) is 0 Å². The van der Waals surface area contributed by atoms with Gasteiger partial charge >= 0.3 is 5.69 Å². The fourth-order valence-electron chi connectivity index (χ4n) is 1.65. The molecule has 0 amide bonds. The highest BCUT2D eigenvalue weighted by Crippen LogP contribution is 2.13. The van der Waals surface area contributed by atoms with Crippen LogP contribution in [0.2, 0.25) is 0 Å². The Labute approximate surface area is 117 Å². The zero-order chi connectivity index (χ0) is 14.2. The summed E-state index contributed by atoms with van der Waals surface area (Å²) in [4.78, 5) is 3.10. The summed E-state index contributed by atoms with van der Waals surface area (Å²) in [7, 11) is 0. The second-order valence-electron chi connectivity index (χ2n) is 4.14. The average Bonchev–Trinajstić information content (AvgIpc) is 2.53. The normalized spacial score (nSPS) is 10.5. The van der Waals surface area contributed by atoms with Crippen molar-refractivity contribution >= 4 is 17.8 Å². The molecule has 20 heavy (non-hydrogen) atoms. The zero-order valence-corrected chi connectivity index (χ0v) is 10.8. The molecular formula is C17H12N3+. The van der Waals surface area contributed by atoms with E-state index in [9.17, 15) is 0 Å². The first-order valence-electron chi connectivity index (χ1n) is 6.12. The van der Waals surface area contributed by atoms with Gasteiger partial charge in [0.05, 0.1) is 11.6 Å². The summed E-state index contributed by atoms with van der Waals surface area (Å²) in [6.45, 7) is 0. The maximum Gasteiger partial charge on any atom is 0.385 e. The van der Waals surface area contributed by atoms with Crippen molar-refractivity contribution in [2.24, 2.45) is 0 Å². The average molecular weight is 258 g/mol. The molecule has 2 aromatic carbocycles. The van der Waals surface area contributed by atoms with Crippen molar-refractivity contribution in [1.82, 2.24) is 0 Å². The molecule has 3 heteroatoms. The van der Waals surface area contributed by atoms with Crippen LogP contribution in [-0.4, -0.2) is 0 Å². The molecule has 0 fully saturated rings. The Kier molecular flexibility index (Phi) is 4.43. The summed E-state index contributed by atoms with van der Waals surface area (Å²) in [5, 5.41) is 17.3. The van der Waals surface area contributed by atoms with Crippen molar-refractivity contribution in [3.8, 4) is 6.07 Å². The van der Waals surface area contributed by atoms with Gasteiger partial charge in [0, 0.05) is 12.1 Å². The predicted molar refractivity (Wildman–Crippen MR) is 80.4 cm³/mol. The number of hydrogen-bond acceptors (Lipinski definition) is 2. The van der Waals surface area contributed by atoms with E-state index in [1.165, 1.54) is 0 Å². The van der Waals surface area contributed by atoms with E-state index in [0.717, 1.165) is 11.1 Å². The maximum absolute atomic E-state index is 8.70. The summed E-state index contributed by atoms with van der Waals surface area (Å²) >= 11 is 0. The Morgan fingerprint density at radius 2 is 1.30 bits per heavy atom. The van der Waals surface area contributed by atoms with Gasteiger partial charge in [0.2, 0.25) is 5.39 Å². The molecule has 0 saturated heterocycles. The van der Waals surface area contributed by atoms with Crippen LogP contribution in [0.1, 0.15) is 16.7 Å². The van der Waals surface area contributed by atoms with Crippen LogP contribution in [-0.2, 0) is 0 Å². The van der Waals surface area contributed by atoms with Gasteiger partial charge in [-0.1, -0.05) is 36.4 Å². The summed E-state index contributed by atoms with van der Waals surface area (Å²) < 4.78 is 0. The number of diazo groups is 1. The molecule has 2 rings (SSSR count). The summed E-state index contributed by atoms with van der Waals surface area (Å²) in [6, 6.07) is 16.7. The molecule has 0 atom stereocenters. The first-order valence-corrected chi connectivity index (χ1v) is 6.12. The van der Waals surface area contributed by atoms with Crippen molar-refractivity contribution in [3.63, 3.8) is 0 Å². The van der Waals surface area contributed by atoms with Crippen molar-refractivity contribution in [1.29, 1.82) is 10.7 Å². The molecule has 0 saturated carbocycles. The van der Waals surface area contributed by atoms with E-state index in [1.807, 2.05) is 48.6 Å². The van der Waals surface area contributed by atoms with E-state index in [1.54, 1.807) is 24.3 Å². The Balaban J connectivity index is 1.99. The fraction of sp³-hybridized carbons (Fsp3) is 0. The van der Waals surface area contributed by atoms with Crippen LogP contribution in [0.5, 0.6) is 0 Å². The number of hydrogen-bond donors (Lipinski definition) is 0. The molecule has 0 spiro atoms. The quantitative estimate of drug-likeness (QED) is 0.588. The molecular weight excluding hydrogens is 246 g/mol. The number of allylic oxidation sites excluding steroid dienone is 2. The molecule has 0 heterocycles. The van der Waals surface area contributed by atoms with Gasteiger partial charge < -0.3 is 0 Å². The summed E-state index contributed by atoms with van der Waals surface area (Å²) in [6.07, 6.45) is 7.80. The predicted octanol–water partition coefficient (Wildman–Crippen LogP) is 4.77. The number of nitrogens with zero attached hydrogens (tertiary/aromatic N) is 3. The fourth-order valence-corrected chi connectivity index (χ4v) is 1.65. The number of benzene rings is 2. The first-order chi connectivity index (χ1) is 9.81. The minimum atomic E-state index is 0.537. The summed E-state index contributed by atoms with van der Waals surface area (Å²) in [5.41, 5.74) is 3.27.